The smallest absolute Gasteiger partial charge is 0.251 e. The Hall–Kier alpha value is -2.10. The highest BCUT2D eigenvalue weighted by molar-refractivity contribution is 5.83. The number of pyridine rings is 1. The zero-order chi connectivity index (χ0) is 15.6. The van der Waals surface area contributed by atoms with E-state index in [-0.39, 0.29) is 17.5 Å². The van der Waals surface area contributed by atoms with Gasteiger partial charge in [0.05, 0.1) is 5.52 Å². The van der Waals surface area contributed by atoms with Crippen LogP contribution in [0, 0.1) is 13.8 Å². The zero-order valence-electron chi connectivity index (χ0n) is 13.0. The van der Waals surface area contributed by atoms with Gasteiger partial charge in [0, 0.05) is 18.0 Å². The maximum atomic E-state index is 12.1. The molecule has 2 aromatic rings. The number of nitrogens with one attached hydrogen (secondary N) is 2. The van der Waals surface area contributed by atoms with Gasteiger partial charge >= 0.3 is 0 Å². The molecule has 0 saturated carbocycles. The molecule has 0 aliphatic carbocycles. The number of hydrogen-bond acceptors (Lipinski definition) is 2. The fourth-order valence-electron chi connectivity index (χ4n) is 2.40. The van der Waals surface area contributed by atoms with Crippen LogP contribution in [-0.2, 0) is 11.2 Å². The minimum Gasteiger partial charge on any atom is -0.354 e. The Balaban J connectivity index is 2.26. The number of fused-ring (bicyclic) bond motifs is 1. The average molecular weight is 286 g/mol. The Kier molecular flexibility index (Phi) is 4.46. The van der Waals surface area contributed by atoms with E-state index in [2.05, 4.69) is 10.3 Å². The minimum absolute atomic E-state index is 0.0235. The fraction of sp³-hybridized carbons (Fsp3) is 0.412. The van der Waals surface area contributed by atoms with E-state index < -0.39 is 0 Å². The van der Waals surface area contributed by atoms with E-state index in [1.54, 1.807) is 0 Å². The second-order valence-electron chi connectivity index (χ2n) is 5.82. The van der Waals surface area contributed by atoms with E-state index in [4.69, 9.17) is 0 Å². The van der Waals surface area contributed by atoms with Crippen molar-refractivity contribution in [1.82, 2.24) is 10.3 Å². The van der Waals surface area contributed by atoms with Crippen LogP contribution in [0.1, 0.15) is 37.0 Å². The van der Waals surface area contributed by atoms with Gasteiger partial charge in [-0.25, -0.2) is 0 Å². The van der Waals surface area contributed by atoms with Crippen LogP contribution in [0.5, 0.6) is 0 Å². The number of aromatic amines is 1. The van der Waals surface area contributed by atoms with Gasteiger partial charge in [-0.05, 0) is 56.7 Å². The molecule has 4 heteroatoms. The number of aryl methyl sites for hydroxylation is 3. The first-order valence-electron chi connectivity index (χ1n) is 7.30. The van der Waals surface area contributed by atoms with E-state index in [1.165, 1.54) is 0 Å². The average Bonchev–Trinajstić information content (AvgIpc) is 2.41. The van der Waals surface area contributed by atoms with Crippen LogP contribution < -0.4 is 10.9 Å². The summed E-state index contributed by atoms with van der Waals surface area (Å²) in [5.74, 6) is -0.0235. The predicted octanol–water partition coefficient (Wildman–Crippen LogP) is 2.60. The molecule has 0 unspecified atom stereocenters. The molecular weight excluding hydrogens is 264 g/mol. The summed E-state index contributed by atoms with van der Waals surface area (Å²) in [6.45, 7) is 7.87. The molecule has 2 rings (SSSR count). The van der Waals surface area contributed by atoms with Crippen LogP contribution in [0.15, 0.2) is 23.0 Å². The maximum absolute atomic E-state index is 12.1. The normalized spacial score (nSPS) is 11.1. The van der Waals surface area contributed by atoms with Gasteiger partial charge < -0.3 is 10.3 Å². The lowest BCUT2D eigenvalue weighted by atomic mass is 10.0. The minimum atomic E-state index is -0.103. The quantitative estimate of drug-likeness (QED) is 0.907. The van der Waals surface area contributed by atoms with Crippen LogP contribution in [0.25, 0.3) is 10.9 Å². The fourth-order valence-corrected chi connectivity index (χ4v) is 2.40. The Morgan fingerprint density at radius 2 is 2.00 bits per heavy atom. The Bertz CT molecular complexity index is 729. The Morgan fingerprint density at radius 3 is 2.67 bits per heavy atom. The topological polar surface area (TPSA) is 62.0 Å². The summed E-state index contributed by atoms with van der Waals surface area (Å²) in [4.78, 5) is 26.8. The summed E-state index contributed by atoms with van der Waals surface area (Å²) in [5, 5.41) is 3.85. The molecule has 112 valence electrons. The molecule has 0 atom stereocenters. The predicted molar refractivity (Wildman–Crippen MR) is 85.6 cm³/mol. The van der Waals surface area contributed by atoms with Crippen molar-refractivity contribution in [2.24, 2.45) is 0 Å². The molecule has 1 amide bonds. The molecule has 1 aromatic carbocycles. The van der Waals surface area contributed by atoms with Crippen LogP contribution >= 0.6 is 0 Å². The van der Waals surface area contributed by atoms with Gasteiger partial charge in [-0.15, -0.1) is 0 Å². The molecule has 0 spiro atoms. The first kappa shape index (κ1) is 15.3. The summed E-state index contributed by atoms with van der Waals surface area (Å²) < 4.78 is 0. The molecule has 0 aliphatic heterocycles. The molecule has 1 heterocycles. The number of aromatic nitrogens is 1. The highest BCUT2D eigenvalue weighted by atomic mass is 16.1. The molecule has 0 fully saturated rings. The Labute approximate surface area is 124 Å². The molecule has 2 N–H and O–H groups in total. The van der Waals surface area contributed by atoms with E-state index in [1.807, 2.05) is 45.9 Å². The molecular formula is C17H22N2O2. The number of carbonyl (C=O) groups is 1. The van der Waals surface area contributed by atoms with E-state index >= 15 is 0 Å². The van der Waals surface area contributed by atoms with Crippen molar-refractivity contribution in [3.05, 3.63) is 45.2 Å². The lowest BCUT2D eigenvalue weighted by Crippen LogP contribution is -2.30. The second kappa shape index (κ2) is 6.12. The van der Waals surface area contributed by atoms with Crippen molar-refractivity contribution in [1.29, 1.82) is 0 Å². The van der Waals surface area contributed by atoms with E-state index in [0.29, 0.717) is 18.4 Å². The maximum Gasteiger partial charge on any atom is 0.251 e. The van der Waals surface area contributed by atoms with E-state index in [0.717, 1.165) is 22.0 Å². The lowest BCUT2D eigenvalue weighted by Gasteiger charge is -2.09. The largest absolute Gasteiger partial charge is 0.354 e. The summed E-state index contributed by atoms with van der Waals surface area (Å²) in [6.07, 6.45) is 0.786. The van der Waals surface area contributed by atoms with Crippen molar-refractivity contribution in [3.63, 3.8) is 0 Å². The van der Waals surface area contributed by atoms with Gasteiger partial charge in [0.15, 0.2) is 0 Å². The number of carbonyl (C=O) groups excluding carboxylic acids is 1. The molecule has 0 bridgehead atoms. The van der Waals surface area contributed by atoms with Gasteiger partial charge in [0.2, 0.25) is 5.91 Å². The number of benzene rings is 1. The zero-order valence-corrected chi connectivity index (χ0v) is 13.0. The van der Waals surface area contributed by atoms with Crippen molar-refractivity contribution in [2.75, 3.05) is 0 Å². The van der Waals surface area contributed by atoms with Gasteiger partial charge in [0.1, 0.15) is 0 Å². The molecule has 4 nitrogen and oxygen atoms in total. The van der Waals surface area contributed by atoms with Gasteiger partial charge in [-0.2, -0.15) is 0 Å². The molecule has 0 radical (unpaired) electrons. The number of amides is 1. The van der Waals surface area contributed by atoms with Crippen LogP contribution in [0.4, 0.5) is 0 Å². The number of hydrogen-bond donors (Lipinski definition) is 2. The SMILES string of the molecule is Cc1ccc2cc(CCC(=O)NC(C)C)c(=O)[nH]c2c1C. The molecule has 0 saturated heterocycles. The summed E-state index contributed by atoms with van der Waals surface area (Å²) >= 11 is 0. The van der Waals surface area contributed by atoms with Crippen molar-refractivity contribution in [3.8, 4) is 0 Å². The third kappa shape index (κ3) is 3.51. The number of H-pyrrole nitrogens is 1. The monoisotopic (exact) mass is 286 g/mol. The lowest BCUT2D eigenvalue weighted by molar-refractivity contribution is -0.121. The highest BCUT2D eigenvalue weighted by Crippen LogP contribution is 2.19. The first-order valence-corrected chi connectivity index (χ1v) is 7.30. The molecule has 1 aromatic heterocycles. The van der Waals surface area contributed by atoms with Gasteiger partial charge in [-0.1, -0.05) is 12.1 Å². The summed E-state index contributed by atoms with van der Waals surface area (Å²) in [5.41, 5.74) is 3.68. The number of rotatable bonds is 4. The second-order valence-corrected chi connectivity index (χ2v) is 5.82. The third-order valence-electron chi connectivity index (χ3n) is 3.70. The highest BCUT2D eigenvalue weighted by Gasteiger charge is 2.09. The van der Waals surface area contributed by atoms with Gasteiger partial charge in [0.25, 0.3) is 5.56 Å². The summed E-state index contributed by atoms with van der Waals surface area (Å²) in [6, 6.07) is 6.07. The van der Waals surface area contributed by atoms with Crippen LogP contribution in [-0.4, -0.2) is 16.9 Å². The summed E-state index contributed by atoms with van der Waals surface area (Å²) in [7, 11) is 0. The first-order chi connectivity index (χ1) is 9.88. The van der Waals surface area contributed by atoms with Gasteiger partial charge in [-0.3, -0.25) is 9.59 Å². The third-order valence-corrected chi connectivity index (χ3v) is 3.70. The van der Waals surface area contributed by atoms with Crippen molar-refractivity contribution < 1.29 is 4.79 Å². The van der Waals surface area contributed by atoms with Crippen molar-refractivity contribution >= 4 is 16.8 Å². The standard InChI is InChI=1S/C17H22N2O2/c1-10(2)18-15(20)8-7-14-9-13-6-5-11(3)12(4)16(13)19-17(14)21/h5-6,9-10H,7-8H2,1-4H3,(H,18,20)(H,19,21). The van der Waals surface area contributed by atoms with E-state index in [9.17, 15) is 9.59 Å². The molecule has 21 heavy (non-hydrogen) atoms. The van der Waals surface area contributed by atoms with Crippen molar-refractivity contribution in [2.45, 2.75) is 46.6 Å². The Morgan fingerprint density at radius 1 is 1.29 bits per heavy atom. The molecule has 0 aliphatic rings. The van der Waals surface area contributed by atoms with Crippen LogP contribution in [0.2, 0.25) is 0 Å². The van der Waals surface area contributed by atoms with Crippen LogP contribution in [0.3, 0.4) is 0 Å².